The number of rotatable bonds is 5. The molecule has 1 aromatic carbocycles. The molecule has 3 nitrogen and oxygen atoms in total. The summed E-state index contributed by atoms with van der Waals surface area (Å²) in [7, 11) is 0. The number of hydrogen-bond donors (Lipinski definition) is 1. The molecule has 100 valence electrons. The van der Waals surface area contributed by atoms with Crippen LogP contribution in [-0.2, 0) is 0 Å². The van der Waals surface area contributed by atoms with Crippen molar-refractivity contribution in [3.05, 3.63) is 58.1 Å². The summed E-state index contributed by atoms with van der Waals surface area (Å²) in [5.74, 6) is 0. The second-order valence-electron chi connectivity index (χ2n) is 4.19. The molecule has 2 rings (SSSR count). The topological polar surface area (TPSA) is 37.8 Å². The Morgan fingerprint density at radius 3 is 2.68 bits per heavy atom. The van der Waals surface area contributed by atoms with Crippen molar-refractivity contribution in [3.8, 4) is 0 Å². The van der Waals surface area contributed by atoms with E-state index in [1.807, 2.05) is 18.2 Å². The molecule has 1 atom stereocenters. The van der Waals surface area contributed by atoms with Gasteiger partial charge in [0.25, 0.3) is 0 Å². The Morgan fingerprint density at radius 1 is 1.21 bits per heavy atom. The third kappa shape index (κ3) is 3.66. The predicted octanol–water partition coefficient (Wildman–Crippen LogP) is 3.87. The van der Waals surface area contributed by atoms with Gasteiger partial charge in [-0.15, -0.1) is 0 Å². The molecule has 0 amide bonds. The molecule has 0 bridgehead atoms. The zero-order valence-corrected chi connectivity index (χ0v) is 12.1. The van der Waals surface area contributed by atoms with Crippen molar-refractivity contribution in [2.75, 3.05) is 6.54 Å². The van der Waals surface area contributed by atoms with E-state index < -0.39 is 0 Å². The quantitative estimate of drug-likeness (QED) is 0.910. The van der Waals surface area contributed by atoms with Crippen molar-refractivity contribution in [1.29, 1.82) is 0 Å². The zero-order chi connectivity index (χ0) is 13.7. The molecule has 0 fully saturated rings. The lowest BCUT2D eigenvalue weighted by Gasteiger charge is -2.18. The van der Waals surface area contributed by atoms with Gasteiger partial charge in [-0.05, 0) is 36.7 Å². The average molecular weight is 296 g/mol. The van der Waals surface area contributed by atoms with Gasteiger partial charge in [-0.25, -0.2) is 9.97 Å². The summed E-state index contributed by atoms with van der Waals surface area (Å²) in [6.07, 6.45) is 4.33. The first-order valence-electron chi connectivity index (χ1n) is 6.16. The Hall–Kier alpha value is -1.16. The van der Waals surface area contributed by atoms with Gasteiger partial charge >= 0.3 is 0 Å². The van der Waals surface area contributed by atoms with E-state index in [9.17, 15) is 0 Å². The fourth-order valence-corrected chi connectivity index (χ4v) is 2.15. The van der Waals surface area contributed by atoms with Gasteiger partial charge in [-0.1, -0.05) is 36.2 Å². The van der Waals surface area contributed by atoms with E-state index in [4.69, 9.17) is 23.2 Å². The van der Waals surface area contributed by atoms with Gasteiger partial charge in [0.15, 0.2) is 0 Å². The van der Waals surface area contributed by atoms with Crippen LogP contribution in [0.3, 0.4) is 0 Å². The molecule has 1 aromatic heterocycles. The van der Waals surface area contributed by atoms with Crippen LogP contribution in [0.4, 0.5) is 0 Å². The maximum Gasteiger partial charge on any atom is 0.115 e. The second kappa shape index (κ2) is 6.85. The molecule has 0 saturated heterocycles. The first kappa shape index (κ1) is 14.3. The van der Waals surface area contributed by atoms with E-state index in [2.05, 4.69) is 22.2 Å². The summed E-state index contributed by atoms with van der Waals surface area (Å²) < 4.78 is 0. The smallest absolute Gasteiger partial charge is 0.115 e. The highest BCUT2D eigenvalue weighted by atomic mass is 35.5. The highest BCUT2D eigenvalue weighted by Crippen LogP contribution is 2.28. The van der Waals surface area contributed by atoms with Crippen molar-refractivity contribution in [2.45, 2.75) is 19.4 Å². The molecule has 2 aromatic rings. The monoisotopic (exact) mass is 295 g/mol. The highest BCUT2D eigenvalue weighted by Gasteiger charge is 2.15. The highest BCUT2D eigenvalue weighted by molar-refractivity contribution is 6.42. The van der Waals surface area contributed by atoms with Gasteiger partial charge < -0.3 is 5.32 Å². The summed E-state index contributed by atoms with van der Waals surface area (Å²) >= 11 is 12.0. The van der Waals surface area contributed by atoms with Crippen molar-refractivity contribution in [1.82, 2.24) is 15.3 Å². The van der Waals surface area contributed by atoms with Crippen LogP contribution in [0, 0.1) is 0 Å². The lowest BCUT2D eigenvalue weighted by Crippen LogP contribution is -2.24. The lowest BCUT2D eigenvalue weighted by molar-refractivity contribution is 0.585. The van der Waals surface area contributed by atoms with Crippen molar-refractivity contribution in [3.63, 3.8) is 0 Å². The molecular formula is C14H15Cl2N3. The second-order valence-corrected chi connectivity index (χ2v) is 5.01. The van der Waals surface area contributed by atoms with Crippen molar-refractivity contribution in [2.24, 2.45) is 0 Å². The SMILES string of the molecule is CCCNC(c1ccc(Cl)c(Cl)c1)c1ccncn1. The molecule has 1 heterocycles. The Morgan fingerprint density at radius 2 is 2.05 bits per heavy atom. The minimum atomic E-state index is -0.00211. The van der Waals surface area contributed by atoms with Crippen LogP contribution < -0.4 is 5.32 Å². The van der Waals surface area contributed by atoms with Crippen LogP contribution in [0.5, 0.6) is 0 Å². The predicted molar refractivity (Wildman–Crippen MR) is 78.6 cm³/mol. The largest absolute Gasteiger partial charge is 0.305 e. The molecular weight excluding hydrogens is 281 g/mol. The van der Waals surface area contributed by atoms with Crippen LogP contribution in [0.2, 0.25) is 10.0 Å². The van der Waals surface area contributed by atoms with E-state index in [0.29, 0.717) is 10.0 Å². The third-order valence-electron chi connectivity index (χ3n) is 2.78. The summed E-state index contributed by atoms with van der Waals surface area (Å²) in [5.41, 5.74) is 1.96. The van der Waals surface area contributed by atoms with E-state index in [-0.39, 0.29) is 6.04 Å². The molecule has 0 radical (unpaired) electrons. The van der Waals surface area contributed by atoms with Crippen LogP contribution >= 0.6 is 23.2 Å². The van der Waals surface area contributed by atoms with E-state index in [1.54, 1.807) is 18.6 Å². The normalized spacial score (nSPS) is 12.4. The summed E-state index contributed by atoms with van der Waals surface area (Å²) in [4.78, 5) is 8.26. The van der Waals surface area contributed by atoms with Gasteiger partial charge in [0, 0.05) is 6.20 Å². The van der Waals surface area contributed by atoms with Gasteiger partial charge in [-0.2, -0.15) is 0 Å². The van der Waals surface area contributed by atoms with E-state index in [0.717, 1.165) is 24.2 Å². The fourth-order valence-electron chi connectivity index (χ4n) is 1.85. The molecule has 1 N–H and O–H groups in total. The molecule has 1 unspecified atom stereocenters. The fraction of sp³-hybridized carbons (Fsp3) is 0.286. The third-order valence-corrected chi connectivity index (χ3v) is 3.52. The zero-order valence-electron chi connectivity index (χ0n) is 10.6. The minimum absolute atomic E-state index is 0.00211. The number of benzene rings is 1. The molecule has 0 saturated carbocycles. The Balaban J connectivity index is 2.34. The van der Waals surface area contributed by atoms with Crippen molar-refractivity contribution >= 4 is 23.2 Å². The maximum atomic E-state index is 6.09. The van der Waals surface area contributed by atoms with E-state index in [1.165, 1.54) is 0 Å². The average Bonchev–Trinajstić information content (AvgIpc) is 2.44. The van der Waals surface area contributed by atoms with Crippen LogP contribution in [-0.4, -0.2) is 16.5 Å². The van der Waals surface area contributed by atoms with Crippen molar-refractivity contribution < 1.29 is 0 Å². The molecule has 19 heavy (non-hydrogen) atoms. The molecule has 0 aliphatic rings. The van der Waals surface area contributed by atoms with Crippen LogP contribution in [0.25, 0.3) is 0 Å². The standard InChI is InChI=1S/C14H15Cl2N3/c1-2-6-18-14(13-5-7-17-9-19-13)10-3-4-11(15)12(16)8-10/h3-5,7-9,14,18H,2,6H2,1H3. The molecule has 0 spiro atoms. The van der Waals surface area contributed by atoms with E-state index >= 15 is 0 Å². The summed E-state index contributed by atoms with van der Waals surface area (Å²) in [6, 6.07) is 7.54. The Bertz CT molecular complexity index is 531. The number of nitrogens with zero attached hydrogens (tertiary/aromatic N) is 2. The van der Waals surface area contributed by atoms with Crippen LogP contribution in [0.1, 0.15) is 30.6 Å². The summed E-state index contributed by atoms with van der Waals surface area (Å²) in [6.45, 7) is 3.02. The molecule has 0 aliphatic carbocycles. The van der Waals surface area contributed by atoms with Gasteiger partial charge in [0.2, 0.25) is 0 Å². The lowest BCUT2D eigenvalue weighted by atomic mass is 10.0. The van der Waals surface area contributed by atoms with Gasteiger partial charge in [0.05, 0.1) is 21.8 Å². The number of aromatic nitrogens is 2. The van der Waals surface area contributed by atoms with Gasteiger partial charge in [-0.3, -0.25) is 0 Å². The van der Waals surface area contributed by atoms with Crippen LogP contribution in [0.15, 0.2) is 36.8 Å². The summed E-state index contributed by atoms with van der Waals surface area (Å²) in [5, 5.41) is 4.57. The minimum Gasteiger partial charge on any atom is -0.305 e. The maximum absolute atomic E-state index is 6.09. The molecule has 0 aliphatic heterocycles. The number of nitrogens with one attached hydrogen (secondary N) is 1. The Labute approximate surface area is 123 Å². The van der Waals surface area contributed by atoms with Gasteiger partial charge in [0.1, 0.15) is 6.33 Å². The molecule has 5 heteroatoms. The first-order chi connectivity index (χ1) is 9.22. The number of halogens is 2. The number of hydrogen-bond acceptors (Lipinski definition) is 3. The first-order valence-corrected chi connectivity index (χ1v) is 6.92. The Kier molecular flexibility index (Phi) is 5.14.